The zero-order valence-electron chi connectivity index (χ0n) is 22.3. The number of aliphatic hydroxyl groups excluding tert-OH is 1. The minimum atomic E-state index is -0.0507. The number of ether oxygens (including phenoxy) is 2. The van der Waals surface area contributed by atoms with E-state index in [1.807, 2.05) is 6.92 Å². The summed E-state index contributed by atoms with van der Waals surface area (Å²) < 4.78 is 10.9. The molecule has 2 heterocycles. The van der Waals surface area contributed by atoms with Gasteiger partial charge in [-0.05, 0) is 41.3 Å². The number of aliphatic hydroxyl groups is 1. The van der Waals surface area contributed by atoms with Crippen molar-refractivity contribution in [1.29, 1.82) is 0 Å². The standard InChI is InChI=1S/C29H44N4O3/c1-4-35-22-24-5-7-25-28(20-24)31-27-8-6-23(19-26(27)29(25,2)3)21-33-14-12-32(13-15-33)11-9-30-10-17-36-18-16-34/h5-8,19-20,30-31,34H,4,9-18,21-22H2,1-3H3. The molecular formula is C29H44N4O3. The first-order valence-corrected chi connectivity index (χ1v) is 13.5. The Balaban J connectivity index is 1.28. The van der Waals surface area contributed by atoms with E-state index in [2.05, 4.69) is 70.7 Å². The van der Waals surface area contributed by atoms with Crippen LogP contribution in [0, 0.1) is 0 Å². The monoisotopic (exact) mass is 496 g/mol. The number of hydrogen-bond acceptors (Lipinski definition) is 7. The molecule has 2 aromatic carbocycles. The van der Waals surface area contributed by atoms with Crippen LogP contribution < -0.4 is 10.6 Å². The topological polar surface area (TPSA) is 69.2 Å². The van der Waals surface area contributed by atoms with E-state index in [4.69, 9.17) is 14.6 Å². The Kier molecular flexibility index (Phi) is 9.76. The quantitative estimate of drug-likeness (QED) is 0.368. The molecule has 0 spiro atoms. The average molecular weight is 497 g/mol. The van der Waals surface area contributed by atoms with Crippen LogP contribution in [0.15, 0.2) is 36.4 Å². The minimum Gasteiger partial charge on any atom is -0.394 e. The van der Waals surface area contributed by atoms with Crippen molar-refractivity contribution in [3.8, 4) is 0 Å². The fourth-order valence-electron chi connectivity index (χ4n) is 5.26. The van der Waals surface area contributed by atoms with Crippen molar-refractivity contribution in [2.24, 2.45) is 0 Å². The molecular weight excluding hydrogens is 452 g/mol. The van der Waals surface area contributed by atoms with Crippen LogP contribution in [0.25, 0.3) is 0 Å². The Morgan fingerprint density at radius 2 is 1.67 bits per heavy atom. The summed E-state index contributed by atoms with van der Waals surface area (Å²) >= 11 is 0. The number of piperazine rings is 1. The highest BCUT2D eigenvalue weighted by Gasteiger charge is 2.33. The van der Waals surface area contributed by atoms with E-state index in [0.717, 1.165) is 59.0 Å². The molecule has 36 heavy (non-hydrogen) atoms. The first-order valence-electron chi connectivity index (χ1n) is 13.5. The molecule has 0 aliphatic carbocycles. The van der Waals surface area contributed by atoms with Gasteiger partial charge in [-0.1, -0.05) is 38.1 Å². The highest BCUT2D eigenvalue weighted by molar-refractivity contribution is 5.76. The summed E-state index contributed by atoms with van der Waals surface area (Å²) in [4.78, 5) is 5.11. The smallest absolute Gasteiger partial charge is 0.0717 e. The normalized spacial score (nSPS) is 17.4. The molecule has 7 heteroatoms. The molecule has 2 aliphatic heterocycles. The van der Waals surface area contributed by atoms with Gasteiger partial charge in [0.1, 0.15) is 0 Å². The second-order valence-corrected chi connectivity index (χ2v) is 10.4. The third kappa shape index (κ3) is 6.85. The van der Waals surface area contributed by atoms with Gasteiger partial charge >= 0.3 is 0 Å². The molecule has 0 amide bonds. The van der Waals surface area contributed by atoms with E-state index in [-0.39, 0.29) is 12.0 Å². The number of anilines is 2. The lowest BCUT2D eigenvalue weighted by Crippen LogP contribution is -2.47. The molecule has 1 saturated heterocycles. The Morgan fingerprint density at radius 3 is 2.44 bits per heavy atom. The maximum absolute atomic E-state index is 8.73. The maximum atomic E-state index is 8.73. The maximum Gasteiger partial charge on any atom is 0.0717 e. The lowest BCUT2D eigenvalue weighted by Gasteiger charge is -2.37. The fourth-order valence-corrected chi connectivity index (χ4v) is 5.26. The van der Waals surface area contributed by atoms with Crippen LogP contribution in [-0.2, 0) is 28.0 Å². The van der Waals surface area contributed by atoms with Crippen molar-refractivity contribution in [3.63, 3.8) is 0 Å². The molecule has 0 saturated carbocycles. The summed E-state index contributed by atoms with van der Waals surface area (Å²) in [7, 11) is 0. The summed E-state index contributed by atoms with van der Waals surface area (Å²) in [5, 5.41) is 15.8. The summed E-state index contributed by atoms with van der Waals surface area (Å²) in [5.41, 5.74) is 7.67. The van der Waals surface area contributed by atoms with Crippen molar-refractivity contribution < 1.29 is 14.6 Å². The zero-order chi connectivity index (χ0) is 25.4. The molecule has 198 valence electrons. The van der Waals surface area contributed by atoms with Gasteiger partial charge in [0, 0.05) is 75.8 Å². The van der Waals surface area contributed by atoms with Crippen molar-refractivity contribution >= 4 is 11.4 Å². The Hall–Kier alpha value is -2.00. The Labute approximate surface area is 216 Å². The predicted octanol–water partition coefficient (Wildman–Crippen LogP) is 3.32. The van der Waals surface area contributed by atoms with Crippen LogP contribution in [0.1, 0.15) is 43.0 Å². The molecule has 0 aromatic heterocycles. The van der Waals surface area contributed by atoms with Gasteiger partial charge < -0.3 is 25.2 Å². The second kappa shape index (κ2) is 13.0. The van der Waals surface area contributed by atoms with E-state index >= 15 is 0 Å². The van der Waals surface area contributed by atoms with Crippen molar-refractivity contribution in [2.75, 3.05) is 77.6 Å². The van der Waals surface area contributed by atoms with Crippen LogP contribution >= 0.6 is 0 Å². The zero-order valence-corrected chi connectivity index (χ0v) is 22.3. The van der Waals surface area contributed by atoms with Crippen molar-refractivity contribution in [3.05, 3.63) is 58.7 Å². The molecule has 4 rings (SSSR count). The first kappa shape index (κ1) is 27.0. The van der Waals surface area contributed by atoms with Crippen LogP contribution in [-0.4, -0.2) is 87.1 Å². The lowest BCUT2D eigenvalue weighted by molar-refractivity contribution is 0.0924. The Morgan fingerprint density at radius 1 is 0.889 bits per heavy atom. The molecule has 0 unspecified atom stereocenters. The lowest BCUT2D eigenvalue weighted by atomic mass is 9.73. The number of rotatable bonds is 13. The van der Waals surface area contributed by atoms with Gasteiger partial charge in [0.15, 0.2) is 0 Å². The summed E-state index contributed by atoms with van der Waals surface area (Å²) in [6.07, 6.45) is 0. The molecule has 2 aliphatic rings. The van der Waals surface area contributed by atoms with Crippen LogP contribution in [0.3, 0.4) is 0 Å². The molecule has 7 nitrogen and oxygen atoms in total. The number of nitrogens with zero attached hydrogens (tertiary/aromatic N) is 2. The van der Waals surface area contributed by atoms with Crippen molar-refractivity contribution in [2.45, 2.75) is 39.3 Å². The van der Waals surface area contributed by atoms with Crippen molar-refractivity contribution in [1.82, 2.24) is 15.1 Å². The van der Waals surface area contributed by atoms with Crippen LogP contribution in [0.4, 0.5) is 11.4 Å². The van der Waals surface area contributed by atoms with Gasteiger partial charge in [0.05, 0.1) is 26.4 Å². The fraction of sp³-hybridized carbons (Fsp3) is 0.586. The molecule has 0 atom stereocenters. The number of hydrogen-bond donors (Lipinski definition) is 3. The van der Waals surface area contributed by atoms with E-state index in [1.54, 1.807) is 0 Å². The first-order chi connectivity index (χ1) is 17.5. The largest absolute Gasteiger partial charge is 0.394 e. The van der Waals surface area contributed by atoms with E-state index < -0.39 is 0 Å². The summed E-state index contributed by atoms with van der Waals surface area (Å²) in [6.45, 7) is 17.6. The number of fused-ring (bicyclic) bond motifs is 2. The summed E-state index contributed by atoms with van der Waals surface area (Å²) in [6, 6.07) is 13.7. The van der Waals surface area contributed by atoms with Gasteiger partial charge in [-0.25, -0.2) is 0 Å². The van der Waals surface area contributed by atoms with E-state index in [9.17, 15) is 0 Å². The third-order valence-electron chi connectivity index (χ3n) is 7.39. The third-order valence-corrected chi connectivity index (χ3v) is 7.39. The van der Waals surface area contributed by atoms with Gasteiger partial charge in [0.2, 0.25) is 0 Å². The number of benzene rings is 2. The highest BCUT2D eigenvalue weighted by Crippen LogP contribution is 2.45. The van der Waals surface area contributed by atoms with Gasteiger partial charge in [0.25, 0.3) is 0 Å². The van der Waals surface area contributed by atoms with Crippen LogP contribution in [0.5, 0.6) is 0 Å². The van der Waals surface area contributed by atoms with E-state index in [0.29, 0.717) is 19.8 Å². The van der Waals surface area contributed by atoms with Gasteiger partial charge in [-0.15, -0.1) is 0 Å². The van der Waals surface area contributed by atoms with E-state index in [1.165, 1.54) is 33.6 Å². The Bertz CT molecular complexity index is 973. The molecule has 0 radical (unpaired) electrons. The molecule has 1 fully saturated rings. The minimum absolute atomic E-state index is 0.0507. The SMILES string of the molecule is CCOCc1ccc2c(c1)Nc1ccc(CN3CCN(CCNCCOCCO)CC3)cc1C2(C)C. The highest BCUT2D eigenvalue weighted by atomic mass is 16.5. The second-order valence-electron chi connectivity index (χ2n) is 10.4. The number of nitrogens with one attached hydrogen (secondary N) is 2. The van der Waals surface area contributed by atoms with Crippen LogP contribution in [0.2, 0.25) is 0 Å². The van der Waals surface area contributed by atoms with Gasteiger partial charge in [-0.3, -0.25) is 9.80 Å². The molecule has 2 aromatic rings. The predicted molar refractivity (Wildman–Crippen MR) is 146 cm³/mol. The summed E-state index contributed by atoms with van der Waals surface area (Å²) in [5.74, 6) is 0. The van der Waals surface area contributed by atoms with Gasteiger partial charge in [-0.2, -0.15) is 0 Å². The average Bonchev–Trinajstić information content (AvgIpc) is 2.88. The molecule has 3 N–H and O–H groups in total. The molecule has 0 bridgehead atoms.